The van der Waals surface area contributed by atoms with Gasteiger partial charge in [-0.25, -0.2) is 18.0 Å². The van der Waals surface area contributed by atoms with Crippen molar-refractivity contribution in [2.45, 2.75) is 13.3 Å². The van der Waals surface area contributed by atoms with E-state index in [1.807, 2.05) is 0 Å². The first kappa shape index (κ1) is 17.7. The molecule has 0 unspecified atom stereocenters. The molecule has 0 radical (unpaired) electrons. The van der Waals surface area contributed by atoms with Crippen LogP contribution in [0.25, 0.3) is 0 Å². The van der Waals surface area contributed by atoms with E-state index < -0.39 is 23.4 Å². The van der Waals surface area contributed by atoms with Crippen LogP contribution in [-0.2, 0) is 20.7 Å². The highest BCUT2D eigenvalue weighted by Crippen LogP contribution is 2.14. The molecular formula is C13H14F3NO3. The van der Waals surface area contributed by atoms with Gasteiger partial charge in [-0.3, -0.25) is 4.79 Å². The van der Waals surface area contributed by atoms with Crippen LogP contribution in [0.5, 0.6) is 0 Å². The van der Waals surface area contributed by atoms with Crippen molar-refractivity contribution in [1.82, 2.24) is 0 Å². The normalized spacial score (nSPS) is 9.85. The van der Waals surface area contributed by atoms with Gasteiger partial charge in [0.1, 0.15) is 5.82 Å². The highest BCUT2D eigenvalue weighted by Gasteiger charge is 2.08. The molecule has 0 atom stereocenters. The summed E-state index contributed by atoms with van der Waals surface area (Å²) >= 11 is 0. The van der Waals surface area contributed by atoms with Crippen molar-refractivity contribution in [2.24, 2.45) is 5.73 Å². The van der Waals surface area contributed by atoms with E-state index >= 15 is 0 Å². The average molecular weight is 289 g/mol. The second kappa shape index (κ2) is 8.73. The maximum atomic E-state index is 13.1. The summed E-state index contributed by atoms with van der Waals surface area (Å²) in [5, 5.41) is 0. The Morgan fingerprint density at radius 3 is 2.20 bits per heavy atom. The molecule has 0 aromatic heterocycles. The number of ether oxygens (including phenoxy) is 1. The van der Waals surface area contributed by atoms with Crippen LogP contribution in [0.1, 0.15) is 12.5 Å². The quantitative estimate of drug-likeness (QED) is 0.524. The van der Waals surface area contributed by atoms with Gasteiger partial charge in [0.2, 0.25) is 5.91 Å². The van der Waals surface area contributed by atoms with Crippen molar-refractivity contribution in [1.29, 1.82) is 0 Å². The molecule has 1 rings (SSSR count). The lowest BCUT2D eigenvalue weighted by Crippen LogP contribution is -2.01. The first-order valence-corrected chi connectivity index (χ1v) is 5.41. The third-order valence-electron chi connectivity index (χ3n) is 1.88. The number of halogens is 3. The van der Waals surface area contributed by atoms with Crippen molar-refractivity contribution >= 4 is 11.9 Å². The minimum Gasteiger partial charge on any atom is -0.466 e. The zero-order valence-corrected chi connectivity index (χ0v) is 11.0. The van der Waals surface area contributed by atoms with Gasteiger partial charge in [-0.05, 0) is 18.1 Å². The lowest BCUT2D eigenvalue weighted by Gasteiger charge is -2.00. The molecule has 0 heterocycles. The summed E-state index contributed by atoms with van der Waals surface area (Å²) in [4.78, 5) is 19.9. The average Bonchev–Trinajstić information content (AvgIpc) is 2.34. The largest absolute Gasteiger partial charge is 0.466 e. The Hall–Kier alpha value is -2.31. The van der Waals surface area contributed by atoms with Crippen LogP contribution in [0.15, 0.2) is 24.3 Å². The number of methoxy groups -OCH3 is 1. The predicted molar refractivity (Wildman–Crippen MR) is 66.0 cm³/mol. The van der Waals surface area contributed by atoms with Gasteiger partial charge >= 0.3 is 5.97 Å². The number of carbonyl (C=O) groups is 2. The minimum absolute atomic E-state index is 0.0157. The van der Waals surface area contributed by atoms with Gasteiger partial charge in [-0.2, -0.15) is 0 Å². The molecule has 1 aromatic carbocycles. The van der Waals surface area contributed by atoms with Gasteiger partial charge in [0.25, 0.3) is 0 Å². The molecule has 0 fully saturated rings. The maximum absolute atomic E-state index is 13.1. The molecule has 0 aliphatic heterocycles. The molecule has 0 spiro atoms. The lowest BCUT2D eigenvalue weighted by atomic mass is 10.1. The van der Waals surface area contributed by atoms with Crippen molar-refractivity contribution in [3.8, 4) is 0 Å². The summed E-state index contributed by atoms with van der Waals surface area (Å²) in [7, 11) is 1.20. The molecular weight excluding hydrogens is 275 g/mol. The van der Waals surface area contributed by atoms with E-state index in [-0.39, 0.29) is 17.9 Å². The number of amides is 1. The monoisotopic (exact) mass is 289 g/mol. The highest BCUT2D eigenvalue weighted by atomic mass is 19.2. The molecule has 1 amide bonds. The zero-order chi connectivity index (χ0) is 15.7. The van der Waals surface area contributed by atoms with Crippen molar-refractivity contribution in [3.63, 3.8) is 0 Å². The number of carbonyl (C=O) groups excluding carboxylic acids is 2. The third-order valence-corrected chi connectivity index (χ3v) is 1.88. The number of rotatable bonds is 3. The second-order valence-electron chi connectivity index (χ2n) is 3.60. The van der Waals surface area contributed by atoms with Gasteiger partial charge in [-0.15, -0.1) is 0 Å². The van der Waals surface area contributed by atoms with E-state index in [2.05, 4.69) is 10.5 Å². The molecule has 20 heavy (non-hydrogen) atoms. The topological polar surface area (TPSA) is 69.4 Å². The van der Waals surface area contributed by atoms with Crippen LogP contribution in [0.3, 0.4) is 0 Å². The van der Waals surface area contributed by atoms with Crippen molar-refractivity contribution < 1.29 is 27.5 Å². The van der Waals surface area contributed by atoms with E-state index in [0.717, 1.165) is 12.1 Å². The number of esters is 1. The van der Waals surface area contributed by atoms with E-state index in [0.29, 0.717) is 6.07 Å². The van der Waals surface area contributed by atoms with E-state index in [9.17, 15) is 22.8 Å². The Labute approximate surface area is 114 Å². The number of nitrogens with two attached hydrogens (primary N) is 1. The van der Waals surface area contributed by atoms with E-state index in [1.54, 1.807) is 0 Å². The standard InChI is InChI=1S/C11H9F3O2.C2H5NO/c1-16-11(15)4-2-3-7-5-9(13)10(14)6-8(7)12;1-2(3)4/h2,4-6H,3H2,1H3;1H3,(H2,3,4)/b4-2+;. The summed E-state index contributed by atoms with van der Waals surface area (Å²) in [6.07, 6.45) is 2.38. The number of allylic oxidation sites excluding steroid dienone is 1. The van der Waals surface area contributed by atoms with Gasteiger partial charge in [0, 0.05) is 19.1 Å². The Morgan fingerprint density at radius 2 is 1.70 bits per heavy atom. The summed E-state index contributed by atoms with van der Waals surface area (Å²) in [6.45, 7) is 1.31. The van der Waals surface area contributed by atoms with E-state index in [1.165, 1.54) is 20.1 Å². The highest BCUT2D eigenvalue weighted by molar-refractivity contribution is 5.81. The zero-order valence-electron chi connectivity index (χ0n) is 11.0. The summed E-state index contributed by atoms with van der Waals surface area (Å²) in [5.74, 6) is -4.14. The number of benzene rings is 1. The van der Waals surface area contributed by atoms with E-state index in [4.69, 9.17) is 0 Å². The van der Waals surface area contributed by atoms with Crippen LogP contribution in [0, 0.1) is 17.5 Å². The fraction of sp³-hybridized carbons (Fsp3) is 0.231. The number of primary amides is 1. The van der Waals surface area contributed by atoms with Crippen LogP contribution in [-0.4, -0.2) is 19.0 Å². The van der Waals surface area contributed by atoms with Gasteiger partial charge in [-0.1, -0.05) is 6.08 Å². The first-order chi connectivity index (χ1) is 9.27. The second-order valence-corrected chi connectivity index (χ2v) is 3.60. The Balaban J connectivity index is 0.000000796. The minimum atomic E-state index is -1.24. The Kier molecular flexibility index (Phi) is 7.72. The summed E-state index contributed by atoms with van der Waals surface area (Å²) in [5.41, 5.74) is 4.44. The fourth-order valence-corrected chi connectivity index (χ4v) is 1.07. The van der Waals surface area contributed by atoms with Crippen LogP contribution in [0.4, 0.5) is 13.2 Å². The van der Waals surface area contributed by atoms with Crippen molar-refractivity contribution in [3.05, 3.63) is 47.3 Å². The molecule has 0 aliphatic carbocycles. The van der Waals surface area contributed by atoms with Crippen LogP contribution in [0.2, 0.25) is 0 Å². The van der Waals surface area contributed by atoms with Crippen LogP contribution >= 0.6 is 0 Å². The van der Waals surface area contributed by atoms with Gasteiger partial charge < -0.3 is 10.5 Å². The van der Waals surface area contributed by atoms with Gasteiger partial charge in [0.05, 0.1) is 7.11 Å². The smallest absolute Gasteiger partial charge is 0.330 e. The van der Waals surface area contributed by atoms with Gasteiger partial charge in [0.15, 0.2) is 11.6 Å². The summed E-state index contributed by atoms with van der Waals surface area (Å²) < 4.78 is 42.7. The Morgan fingerprint density at radius 1 is 1.20 bits per heavy atom. The molecule has 0 bridgehead atoms. The molecule has 1 aromatic rings. The number of hydrogen-bond donors (Lipinski definition) is 1. The molecule has 0 saturated carbocycles. The molecule has 110 valence electrons. The predicted octanol–water partition coefficient (Wildman–Crippen LogP) is 1.87. The first-order valence-electron chi connectivity index (χ1n) is 5.41. The fourth-order valence-electron chi connectivity index (χ4n) is 1.07. The SMILES string of the molecule is CC(N)=O.COC(=O)/C=C/Cc1cc(F)c(F)cc1F. The van der Waals surface area contributed by atoms with Crippen LogP contribution < -0.4 is 5.73 Å². The lowest BCUT2D eigenvalue weighted by molar-refractivity contribution is -0.134. The molecule has 7 heteroatoms. The summed E-state index contributed by atoms with van der Waals surface area (Å²) in [6, 6.07) is 1.23. The molecule has 0 aliphatic rings. The number of hydrogen-bond acceptors (Lipinski definition) is 3. The third kappa shape index (κ3) is 7.20. The Bertz CT molecular complexity index is 512. The molecule has 0 saturated heterocycles. The maximum Gasteiger partial charge on any atom is 0.330 e. The van der Waals surface area contributed by atoms with Crippen molar-refractivity contribution in [2.75, 3.05) is 7.11 Å². The molecule has 4 nitrogen and oxygen atoms in total. The molecule has 2 N–H and O–H groups in total.